The Morgan fingerprint density at radius 3 is 2.74 bits per heavy atom. The third-order valence-electron chi connectivity index (χ3n) is 4.07. The maximum absolute atomic E-state index is 6.34. The van der Waals surface area contributed by atoms with Crippen LogP contribution in [0.1, 0.15) is 37.9 Å². The van der Waals surface area contributed by atoms with Crippen molar-refractivity contribution in [1.82, 2.24) is 9.88 Å². The molecule has 2 atom stereocenters. The molecule has 0 aliphatic carbocycles. The van der Waals surface area contributed by atoms with E-state index in [0.717, 1.165) is 38.2 Å². The van der Waals surface area contributed by atoms with Crippen LogP contribution in [0.25, 0.3) is 0 Å². The lowest BCUT2D eigenvalue weighted by Crippen LogP contribution is -2.46. The van der Waals surface area contributed by atoms with Crippen LogP contribution in [0.2, 0.25) is 0 Å². The predicted molar refractivity (Wildman–Crippen MR) is 76.8 cm³/mol. The van der Waals surface area contributed by atoms with E-state index in [0.29, 0.717) is 6.04 Å². The van der Waals surface area contributed by atoms with Crippen LogP contribution >= 0.6 is 0 Å². The lowest BCUT2D eigenvalue weighted by Gasteiger charge is -2.39. The topological polar surface area (TPSA) is 51.4 Å². The average molecular weight is 263 g/mol. The summed E-state index contributed by atoms with van der Waals surface area (Å²) in [6, 6.07) is 6.91. The van der Waals surface area contributed by atoms with Gasteiger partial charge in [-0.2, -0.15) is 0 Å². The van der Waals surface area contributed by atoms with Crippen LogP contribution in [-0.2, 0) is 4.74 Å². The molecule has 2 heterocycles. The molecule has 2 rings (SSSR count). The van der Waals surface area contributed by atoms with Gasteiger partial charge in [-0.15, -0.1) is 0 Å². The van der Waals surface area contributed by atoms with Gasteiger partial charge in [-0.25, -0.2) is 0 Å². The van der Waals surface area contributed by atoms with Crippen LogP contribution in [0.4, 0.5) is 0 Å². The molecular formula is C15H25N3O. The van der Waals surface area contributed by atoms with Gasteiger partial charge < -0.3 is 10.5 Å². The van der Waals surface area contributed by atoms with Gasteiger partial charge in [-0.3, -0.25) is 9.88 Å². The summed E-state index contributed by atoms with van der Waals surface area (Å²) in [6.45, 7) is 3.84. The molecule has 2 N–H and O–H groups in total. The largest absolute Gasteiger partial charge is 0.381 e. The number of hydrogen-bond acceptors (Lipinski definition) is 4. The minimum absolute atomic E-state index is 0.114. The van der Waals surface area contributed by atoms with Gasteiger partial charge in [0.05, 0.1) is 11.7 Å². The number of pyridine rings is 1. The number of hydrogen-bond donors (Lipinski definition) is 1. The maximum Gasteiger partial charge on any atom is 0.0673 e. The molecule has 0 saturated carbocycles. The minimum atomic E-state index is 0.114. The first kappa shape index (κ1) is 14.4. The smallest absolute Gasteiger partial charge is 0.0673 e. The highest BCUT2D eigenvalue weighted by Gasteiger charge is 2.30. The van der Waals surface area contributed by atoms with Gasteiger partial charge in [0.1, 0.15) is 0 Å². The second-order valence-corrected chi connectivity index (χ2v) is 5.28. The van der Waals surface area contributed by atoms with Crippen molar-refractivity contribution in [2.75, 3.05) is 20.3 Å². The van der Waals surface area contributed by atoms with E-state index in [-0.39, 0.29) is 12.1 Å². The molecule has 0 radical (unpaired) electrons. The fourth-order valence-electron chi connectivity index (χ4n) is 2.82. The molecule has 2 unspecified atom stereocenters. The Morgan fingerprint density at radius 1 is 1.42 bits per heavy atom. The van der Waals surface area contributed by atoms with Crippen molar-refractivity contribution in [2.45, 2.75) is 44.3 Å². The van der Waals surface area contributed by atoms with Crippen molar-refractivity contribution in [2.24, 2.45) is 5.73 Å². The second-order valence-electron chi connectivity index (χ2n) is 5.28. The van der Waals surface area contributed by atoms with Crippen LogP contribution in [0.15, 0.2) is 24.4 Å². The maximum atomic E-state index is 6.34. The van der Waals surface area contributed by atoms with Crippen molar-refractivity contribution in [3.63, 3.8) is 0 Å². The molecule has 4 heteroatoms. The third kappa shape index (κ3) is 3.53. The Kier molecular flexibility index (Phi) is 5.31. The van der Waals surface area contributed by atoms with Gasteiger partial charge in [-0.1, -0.05) is 13.0 Å². The zero-order valence-electron chi connectivity index (χ0n) is 12.0. The number of nitrogens with two attached hydrogens (primary N) is 1. The summed E-state index contributed by atoms with van der Waals surface area (Å²) in [6.07, 6.45) is 4.96. The minimum Gasteiger partial charge on any atom is -0.381 e. The molecule has 1 aromatic heterocycles. The summed E-state index contributed by atoms with van der Waals surface area (Å²) in [7, 11) is 2.17. The summed E-state index contributed by atoms with van der Waals surface area (Å²) < 4.78 is 5.45. The van der Waals surface area contributed by atoms with Crippen molar-refractivity contribution in [3.8, 4) is 0 Å². The fourth-order valence-corrected chi connectivity index (χ4v) is 2.82. The summed E-state index contributed by atoms with van der Waals surface area (Å²) >= 11 is 0. The van der Waals surface area contributed by atoms with E-state index in [9.17, 15) is 0 Å². The highest BCUT2D eigenvalue weighted by Crippen LogP contribution is 2.27. The zero-order chi connectivity index (χ0) is 13.7. The van der Waals surface area contributed by atoms with Gasteiger partial charge in [0.2, 0.25) is 0 Å². The number of aromatic nitrogens is 1. The van der Waals surface area contributed by atoms with Gasteiger partial charge in [0, 0.05) is 31.5 Å². The molecule has 1 fully saturated rings. The van der Waals surface area contributed by atoms with E-state index in [1.165, 1.54) is 0 Å². The summed E-state index contributed by atoms with van der Waals surface area (Å²) in [5.41, 5.74) is 7.42. The molecule has 19 heavy (non-hydrogen) atoms. The Hall–Kier alpha value is -0.970. The van der Waals surface area contributed by atoms with Crippen LogP contribution in [-0.4, -0.2) is 42.2 Å². The Morgan fingerprint density at radius 2 is 2.16 bits per heavy atom. The Balaban J connectivity index is 2.17. The van der Waals surface area contributed by atoms with Gasteiger partial charge in [0.15, 0.2) is 0 Å². The van der Waals surface area contributed by atoms with E-state index >= 15 is 0 Å². The molecule has 106 valence electrons. The number of likely N-dealkylation sites (N-methyl/N-ethyl adjacent to an activating group) is 1. The third-order valence-corrected chi connectivity index (χ3v) is 4.07. The van der Waals surface area contributed by atoms with Crippen molar-refractivity contribution in [1.29, 1.82) is 0 Å². The Bertz CT molecular complexity index is 365. The molecule has 1 saturated heterocycles. The number of ether oxygens (including phenoxy) is 1. The first-order valence-electron chi connectivity index (χ1n) is 7.20. The molecule has 0 spiro atoms. The SMILES string of the molecule is CCC(N)C(c1ccccn1)N(C)C1CCOCC1. The van der Waals surface area contributed by atoms with Crippen LogP contribution in [0, 0.1) is 0 Å². The molecule has 0 aromatic carbocycles. The summed E-state index contributed by atoms with van der Waals surface area (Å²) in [4.78, 5) is 6.91. The highest BCUT2D eigenvalue weighted by molar-refractivity contribution is 5.11. The lowest BCUT2D eigenvalue weighted by molar-refractivity contribution is 0.0225. The molecule has 1 aliphatic rings. The lowest BCUT2D eigenvalue weighted by atomic mass is 9.97. The van der Waals surface area contributed by atoms with Crippen molar-refractivity contribution < 1.29 is 4.74 Å². The standard InChI is InChI=1S/C15H25N3O/c1-3-13(16)15(14-6-4-5-9-17-14)18(2)12-7-10-19-11-8-12/h4-6,9,12-13,15H,3,7-8,10-11,16H2,1-2H3. The van der Waals surface area contributed by atoms with E-state index in [1.807, 2.05) is 18.3 Å². The predicted octanol–water partition coefficient (Wildman–Crippen LogP) is 1.97. The average Bonchev–Trinajstić information content (AvgIpc) is 2.49. The molecule has 0 bridgehead atoms. The van der Waals surface area contributed by atoms with Gasteiger partial charge in [0.25, 0.3) is 0 Å². The van der Waals surface area contributed by atoms with E-state index < -0.39 is 0 Å². The molecule has 0 amide bonds. The highest BCUT2D eigenvalue weighted by atomic mass is 16.5. The molecular weight excluding hydrogens is 238 g/mol. The number of nitrogens with zero attached hydrogens (tertiary/aromatic N) is 2. The van der Waals surface area contributed by atoms with E-state index in [4.69, 9.17) is 10.5 Å². The van der Waals surface area contributed by atoms with Crippen LogP contribution < -0.4 is 5.73 Å². The van der Waals surface area contributed by atoms with Crippen molar-refractivity contribution >= 4 is 0 Å². The number of rotatable bonds is 5. The summed E-state index contributed by atoms with van der Waals surface area (Å²) in [5, 5.41) is 0. The van der Waals surface area contributed by atoms with Crippen LogP contribution in [0.3, 0.4) is 0 Å². The first-order valence-corrected chi connectivity index (χ1v) is 7.20. The Labute approximate surface area is 116 Å². The van der Waals surface area contributed by atoms with Crippen LogP contribution in [0.5, 0.6) is 0 Å². The molecule has 1 aromatic rings. The van der Waals surface area contributed by atoms with E-state index in [2.05, 4.69) is 29.9 Å². The quantitative estimate of drug-likeness (QED) is 0.882. The fraction of sp³-hybridized carbons (Fsp3) is 0.667. The molecule has 4 nitrogen and oxygen atoms in total. The monoisotopic (exact) mass is 263 g/mol. The van der Waals surface area contributed by atoms with Gasteiger partial charge >= 0.3 is 0 Å². The van der Waals surface area contributed by atoms with Gasteiger partial charge in [-0.05, 0) is 38.4 Å². The molecule has 1 aliphatic heterocycles. The first-order chi connectivity index (χ1) is 9.24. The zero-order valence-corrected chi connectivity index (χ0v) is 12.0. The van der Waals surface area contributed by atoms with E-state index in [1.54, 1.807) is 0 Å². The second kappa shape index (κ2) is 6.98. The van der Waals surface area contributed by atoms with Crippen molar-refractivity contribution in [3.05, 3.63) is 30.1 Å². The normalized spacial score (nSPS) is 20.4. The summed E-state index contributed by atoms with van der Waals surface area (Å²) in [5.74, 6) is 0.